The molecule has 1 rings (SSSR count). The zero-order chi connectivity index (χ0) is 13.1. The maximum atomic E-state index is 12.1. The third kappa shape index (κ3) is 5.40. The minimum atomic E-state index is -3.19. The van der Waals surface area contributed by atoms with E-state index in [0.29, 0.717) is 13.1 Å². The van der Waals surface area contributed by atoms with E-state index < -0.39 is 10.0 Å². The quantitative estimate of drug-likeness (QED) is 0.818. The van der Waals surface area contributed by atoms with Gasteiger partial charge in [-0.3, -0.25) is 0 Å². The SMILES string of the molecule is CC1CN(S(=O)(=O)CCOC(C)C)C(C)CN1.Cl. The van der Waals surface area contributed by atoms with Gasteiger partial charge in [0.2, 0.25) is 10.0 Å². The van der Waals surface area contributed by atoms with Crippen molar-refractivity contribution in [2.24, 2.45) is 0 Å². The van der Waals surface area contributed by atoms with E-state index in [4.69, 9.17) is 4.74 Å². The molecule has 1 heterocycles. The topological polar surface area (TPSA) is 58.6 Å². The normalized spacial score (nSPS) is 26.1. The van der Waals surface area contributed by atoms with E-state index >= 15 is 0 Å². The Morgan fingerprint density at radius 1 is 1.39 bits per heavy atom. The maximum absolute atomic E-state index is 12.1. The molecule has 0 radical (unpaired) electrons. The predicted molar refractivity (Wildman–Crippen MR) is 75.8 cm³/mol. The summed E-state index contributed by atoms with van der Waals surface area (Å²) in [5.74, 6) is 0.0717. The van der Waals surface area contributed by atoms with Gasteiger partial charge in [-0.2, -0.15) is 4.31 Å². The van der Waals surface area contributed by atoms with Crippen LogP contribution in [0.15, 0.2) is 0 Å². The highest BCUT2D eigenvalue weighted by atomic mass is 35.5. The lowest BCUT2D eigenvalue weighted by Crippen LogP contribution is -2.56. The van der Waals surface area contributed by atoms with E-state index in [-0.39, 0.29) is 43.0 Å². The number of halogens is 1. The Kier molecular flexibility index (Phi) is 7.70. The highest BCUT2D eigenvalue weighted by molar-refractivity contribution is 7.89. The van der Waals surface area contributed by atoms with Crippen LogP contribution in [0, 0.1) is 0 Å². The third-order valence-corrected chi connectivity index (χ3v) is 4.76. The van der Waals surface area contributed by atoms with Crippen LogP contribution in [-0.4, -0.2) is 56.4 Å². The molecule has 110 valence electrons. The number of sulfonamides is 1. The van der Waals surface area contributed by atoms with Crippen LogP contribution in [0.5, 0.6) is 0 Å². The van der Waals surface area contributed by atoms with Crippen molar-refractivity contribution in [3.8, 4) is 0 Å². The van der Waals surface area contributed by atoms with Gasteiger partial charge in [0.1, 0.15) is 0 Å². The van der Waals surface area contributed by atoms with Gasteiger partial charge in [-0.1, -0.05) is 0 Å². The zero-order valence-electron chi connectivity index (χ0n) is 11.5. The standard InChI is InChI=1S/C11H24N2O3S.ClH/c1-9(2)16-5-6-17(14,15)13-8-10(3)12-7-11(13)4;/h9-12H,5-8H2,1-4H3;1H. The second-order valence-electron chi connectivity index (χ2n) is 4.96. The Morgan fingerprint density at radius 3 is 2.56 bits per heavy atom. The van der Waals surface area contributed by atoms with Crippen LogP contribution in [0.25, 0.3) is 0 Å². The fraction of sp³-hybridized carbons (Fsp3) is 1.00. The molecule has 1 saturated heterocycles. The fourth-order valence-corrected chi connectivity index (χ4v) is 3.50. The molecule has 0 saturated carbocycles. The van der Waals surface area contributed by atoms with Gasteiger partial charge in [-0.25, -0.2) is 8.42 Å². The van der Waals surface area contributed by atoms with Gasteiger partial charge in [-0.15, -0.1) is 12.4 Å². The lowest BCUT2D eigenvalue weighted by atomic mass is 10.2. The summed E-state index contributed by atoms with van der Waals surface area (Å²) in [6.07, 6.45) is 0.0737. The average Bonchev–Trinajstić information content (AvgIpc) is 2.20. The molecular formula is C11H25ClN2O3S. The van der Waals surface area contributed by atoms with Gasteiger partial charge in [0.05, 0.1) is 18.5 Å². The lowest BCUT2D eigenvalue weighted by molar-refractivity contribution is 0.0902. The maximum Gasteiger partial charge on any atom is 0.216 e. The molecule has 18 heavy (non-hydrogen) atoms. The minimum Gasteiger partial charge on any atom is -0.378 e. The van der Waals surface area contributed by atoms with Crippen LogP contribution in [0.3, 0.4) is 0 Å². The lowest BCUT2D eigenvalue weighted by Gasteiger charge is -2.36. The summed E-state index contributed by atoms with van der Waals surface area (Å²) in [7, 11) is -3.19. The molecule has 2 unspecified atom stereocenters. The molecule has 1 aliphatic rings. The van der Waals surface area contributed by atoms with E-state index in [1.807, 2.05) is 27.7 Å². The Hall–Kier alpha value is 0.120. The van der Waals surface area contributed by atoms with Crippen LogP contribution in [-0.2, 0) is 14.8 Å². The van der Waals surface area contributed by atoms with Crippen LogP contribution < -0.4 is 5.32 Å². The molecule has 0 bridgehead atoms. The molecule has 0 aliphatic carbocycles. The average molecular weight is 301 g/mol. The van der Waals surface area contributed by atoms with Crippen LogP contribution in [0.4, 0.5) is 0 Å². The van der Waals surface area contributed by atoms with Crippen LogP contribution >= 0.6 is 12.4 Å². The largest absolute Gasteiger partial charge is 0.378 e. The zero-order valence-corrected chi connectivity index (χ0v) is 13.2. The third-order valence-electron chi connectivity index (χ3n) is 2.86. The van der Waals surface area contributed by atoms with Crippen molar-refractivity contribution in [2.45, 2.75) is 45.9 Å². The summed E-state index contributed by atoms with van der Waals surface area (Å²) in [5.41, 5.74) is 0. The number of ether oxygens (including phenoxy) is 1. The molecule has 0 amide bonds. The van der Waals surface area contributed by atoms with Crippen molar-refractivity contribution in [1.82, 2.24) is 9.62 Å². The van der Waals surface area contributed by atoms with Gasteiger partial charge in [0, 0.05) is 25.2 Å². The summed E-state index contributed by atoms with van der Waals surface area (Å²) in [6.45, 7) is 9.27. The summed E-state index contributed by atoms with van der Waals surface area (Å²) in [5, 5.41) is 3.27. The Bertz CT molecular complexity index is 335. The number of nitrogens with one attached hydrogen (secondary N) is 1. The highest BCUT2D eigenvalue weighted by Gasteiger charge is 2.31. The van der Waals surface area contributed by atoms with Crippen molar-refractivity contribution >= 4 is 22.4 Å². The number of hydrogen-bond acceptors (Lipinski definition) is 4. The van der Waals surface area contributed by atoms with Crippen molar-refractivity contribution < 1.29 is 13.2 Å². The number of hydrogen-bond donors (Lipinski definition) is 1. The van der Waals surface area contributed by atoms with E-state index in [2.05, 4.69) is 5.32 Å². The van der Waals surface area contributed by atoms with E-state index in [0.717, 1.165) is 0 Å². The van der Waals surface area contributed by atoms with E-state index in [9.17, 15) is 8.42 Å². The van der Waals surface area contributed by atoms with Gasteiger partial charge < -0.3 is 10.1 Å². The summed E-state index contributed by atoms with van der Waals surface area (Å²) in [6, 6.07) is 0.238. The molecule has 7 heteroatoms. The molecule has 1 N–H and O–H groups in total. The van der Waals surface area contributed by atoms with Gasteiger partial charge in [0.25, 0.3) is 0 Å². The Morgan fingerprint density at radius 2 is 2.00 bits per heavy atom. The van der Waals surface area contributed by atoms with Crippen molar-refractivity contribution in [2.75, 3.05) is 25.4 Å². The van der Waals surface area contributed by atoms with Crippen LogP contribution in [0.1, 0.15) is 27.7 Å². The monoisotopic (exact) mass is 300 g/mol. The van der Waals surface area contributed by atoms with E-state index in [1.165, 1.54) is 0 Å². The highest BCUT2D eigenvalue weighted by Crippen LogP contribution is 2.12. The second-order valence-corrected chi connectivity index (χ2v) is 7.00. The van der Waals surface area contributed by atoms with Gasteiger partial charge in [0.15, 0.2) is 0 Å². The first-order chi connectivity index (χ1) is 7.83. The van der Waals surface area contributed by atoms with E-state index in [1.54, 1.807) is 4.31 Å². The number of piperazine rings is 1. The molecule has 1 fully saturated rings. The molecular weight excluding hydrogens is 276 g/mol. The first-order valence-electron chi connectivity index (χ1n) is 6.17. The minimum absolute atomic E-state index is 0. The molecule has 5 nitrogen and oxygen atoms in total. The summed E-state index contributed by atoms with van der Waals surface area (Å²) < 4.78 is 31.2. The van der Waals surface area contributed by atoms with Crippen LogP contribution in [0.2, 0.25) is 0 Å². The van der Waals surface area contributed by atoms with Gasteiger partial charge >= 0.3 is 0 Å². The smallest absolute Gasteiger partial charge is 0.216 e. The molecule has 1 aliphatic heterocycles. The van der Waals surface area contributed by atoms with Gasteiger partial charge in [-0.05, 0) is 27.7 Å². The molecule has 0 aromatic rings. The van der Waals surface area contributed by atoms with Crippen molar-refractivity contribution in [1.29, 1.82) is 0 Å². The van der Waals surface area contributed by atoms with Crippen molar-refractivity contribution in [3.05, 3.63) is 0 Å². The van der Waals surface area contributed by atoms with Crippen molar-refractivity contribution in [3.63, 3.8) is 0 Å². The number of nitrogens with zero attached hydrogens (tertiary/aromatic N) is 1. The Balaban J connectivity index is 0.00000289. The first kappa shape index (κ1) is 18.1. The summed E-state index contributed by atoms with van der Waals surface area (Å²) >= 11 is 0. The molecule has 0 aromatic carbocycles. The first-order valence-corrected chi connectivity index (χ1v) is 7.78. The Labute approximate surface area is 117 Å². The predicted octanol–water partition coefficient (Wildman–Crippen LogP) is 0.845. The molecule has 2 atom stereocenters. The fourth-order valence-electron chi connectivity index (χ4n) is 1.88. The second kappa shape index (κ2) is 7.65. The molecule has 0 aromatic heterocycles. The summed E-state index contributed by atoms with van der Waals surface area (Å²) in [4.78, 5) is 0. The molecule has 0 spiro atoms. The number of rotatable bonds is 5.